The molecule has 0 aromatic carbocycles. The summed E-state index contributed by atoms with van der Waals surface area (Å²) in [6, 6.07) is 0. The molecular formula is C7H3NO2S. The number of hydrogen-bond donors (Lipinski definition) is 0. The molecule has 0 radical (unpaired) electrons. The van der Waals surface area contributed by atoms with E-state index in [4.69, 9.17) is 0 Å². The Morgan fingerprint density at radius 3 is 2.91 bits per heavy atom. The topological polar surface area (TPSA) is 46.5 Å². The second kappa shape index (κ2) is 2.17. The number of Topliss-reactive ketones (excluding diaryl/α,β-unsaturated/α-hetero) is 1. The van der Waals surface area contributed by atoms with Gasteiger partial charge in [0, 0.05) is 22.8 Å². The Morgan fingerprint density at radius 2 is 2.18 bits per heavy atom. The Kier molecular flexibility index (Phi) is 1.29. The maximum atomic E-state index is 11.0. The molecule has 0 aliphatic carbocycles. The zero-order valence-electron chi connectivity index (χ0n) is 5.40. The van der Waals surface area contributed by atoms with Crippen LogP contribution in [0.5, 0.6) is 0 Å². The molecule has 0 fully saturated rings. The fraction of sp³-hybridized carbons (Fsp3) is 0. The lowest BCUT2D eigenvalue weighted by Crippen LogP contribution is -2.05. The number of nitrogens with zero attached hydrogens (tertiary/aromatic N) is 1. The van der Waals surface area contributed by atoms with Gasteiger partial charge in [-0.15, -0.1) is 0 Å². The first kappa shape index (κ1) is 6.54. The minimum atomic E-state index is -0.180. The first-order valence-electron chi connectivity index (χ1n) is 2.99. The Morgan fingerprint density at radius 1 is 1.36 bits per heavy atom. The van der Waals surface area contributed by atoms with Gasteiger partial charge in [-0.3, -0.25) is 14.6 Å². The third-order valence-corrected chi connectivity index (χ3v) is 2.25. The van der Waals surface area contributed by atoms with Gasteiger partial charge in [0.2, 0.25) is 10.9 Å². The first-order chi connectivity index (χ1) is 5.27. The Bertz CT molecular complexity index is 338. The summed E-state index contributed by atoms with van der Waals surface area (Å²) in [7, 11) is 0. The second-order valence-electron chi connectivity index (χ2n) is 2.11. The van der Waals surface area contributed by atoms with Gasteiger partial charge in [0.15, 0.2) is 0 Å². The summed E-state index contributed by atoms with van der Waals surface area (Å²) >= 11 is 1.05. The molecule has 3 nitrogen and oxygen atoms in total. The van der Waals surface area contributed by atoms with E-state index >= 15 is 0 Å². The number of thioether (sulfide) groups is 1. The van der Waals surface area contributed by atoms with Gasteiger partial charge in [-0.05, 0) is 11.8 Å². The van der Waals surface area contributed by atoms with Crippen molar-refractivity contribution in [3.63, 3.8) is 0 Å². The maximum absolute atomic E-state index is 11.0. The number of ketones is 1. The van der Waals surface area contributed by atoms with Crippen molar-refractivity contribution in [3.05, 3.63) is 22.8 Å². The average molecular weight is 165 g/mol. The van der Waals surface area contributed by atoms with Gasteiger partial charge in [0.1, 0.15) is 0 Å². The molecule has 0 aromatic rings. The Hall–Kier alpha value is -1.16. The summed E-state index contributed by atoms with van der Waals surface area (Å²) in [5.41, 5.74) is 0.481. The van der Waals surface area contributed by atoms with Crippen LogP contribution in [0.3, 0.4) is 0 Å². The van der Waals surface area contributed by atoms with Gasteiger partial charge in [-0.25, -0.2) is 0 Å². The summed E-state index contributed by atoms with van der Waals surface area (Å²) < 4.78 is 0. The molecule has 4 heteroatoms. The summed E-state index contributed by atoms with van der Waals surface area (Å²) in [4.78, 5) is 26.1. The van der Waals surface area contributed by atoms with Crippen molar-refractivity contribution in [2.45, 2.75) is 0 Å². The summed E-state index contributed by atoms with van der Waals surface area (Å²) in [5.74, 6) is -0.180. The second-order valence-corrected chi connectivity index (χ2v) is 3.16. The smallest absolute Gasteiger partial charge is 0.217 e. The Labute approximate surface area is 66.9 Å². The van der Waals surface area contributed by atoms with Crippen LogP contribution in [-0.4, -0.2) is 17.1 Å². The van der Waals surface area contributed by atoms with Gasteiger partial charge in [-0.1, -0.05) is 0 Å². The van der Waals surface area contributed by atoms with Gasteiger partial charge in [-0.2, -0.15) is 0 Å². The molecule has 0 N–H and O–H groups in total. The third-order valence-electron chi connectivity index (χ3n) is 1.39. The van der Waals surface area contributed by atoms with Crippen molar-refractivity contribution in [1.82, 2.24) is 0 Å². The van der Waals surface area contributed by atoms with Crippen LogP contribution in [0.25, 0.3) is 0 Å². The fourth-order valence-electron chi connectivity index (χ4n) is 0.912. The quantitative estimate of drug-likeness (QED) is 0.530. The average Bonchev–Trinajstić information content (AvgIpc) is 2.31. The highest BCUT2D eigenvalue weighted by Crippen LogP contribution is 2.33. The molecule has 2 aliphatic rings. The van der Waals surface area contributed by atoms with Crippen LogP contribution in [0.2, 0.25) is 0 Å². The molecule has 0 saturated carbocycles. The summed E-state index contributed by atoms with van der Waals surface area (Å²) in [6.45, 7) is 0. The maximum Gasteiger partial charge on any atom is 0.217 e. The summed E-state index contributed by atoms with van der Waals surface area (Å²) in [5, 5.41) is -0.0925. The van der Waals surface area contributed by atoms with Crippen LogP contribution < -0.4 is 0 Å². The predicted molar refractivity (Wildman–Crippen MR) is 42.3 cm³/mol. The van der Waals surface area contributed by atoms with Crippen LogP contribution in [-0.2, 0) is 9.59 Å². The van der Waals surface area contributed by atoms with E-state index in [0.717, 1.165) is 11.8 Å². The van der Waals surface area contributed by atoms with Crippen molar-refractivity contribution in [1.29, 1.82) is 0 Å². The molecular weight excluding hydrogens is 162 g/mol. The van der Waals surface area contributed by atoms with Crippen molar-refractivity contribution >= 4 is 28.9 Å². The van der Waals surface area contributed by atoms with E-state index in [1.54, 1.807) is 0 Å². The van der Waals surface area contributed by atoms with Crippen molar-refractivity contribution in [2.75, 3.05) is 0 Å². The van der Waals surface area contributed by atoms with Gasteiger partial charge in [0.05, 0.1) is 6.21 Å². The molecule has 54 valence electrons. The monoisotopic (exact) mass is 165 g/mol. The number of allylic oxidation sites excluding steroid dienone is 1. The molecule has 0 bridgehead atoms. The number of aliphatic imine (C=N–C) groups is 1. The van der Waals surface area contributed by atoms with Gasteiger partial charge < -0.3 is 0 Å². The zero-order valence-corrected chi connectivity index (χ0v) is 6.22. The van der Waals surface area contributed by atoms with E-state index in [1.165, 1.54) is 18.5 Å². The van der Waals surface area contributed by atoms with Gasteiger partial charge >= 0.3 is 0 Å². The van der Waals surface area contributed by atoms with E-state index in [1.807, 2.05) is 0 Å². The third kappa shape index (κ3) is 0.952. The van der Waals surface area contributed by atoms with E-state index in [2.05, 4.69) is 4.99 Å². The number of rotatable bonds is 0. The number of carbonyl (C=O) groups excluding carboxylic acids is 2. The highest BCUT2D eigenvalue weighted by atomic mass is 32.2. The van der Waals surface area contributed by atoms with Crippen LogP contribution in [0.15, 0.2) is 27.7 Å². The van der Waals surface area contributed by atoms with Crippen molar-refractivity contribution in [3.8, 4) is 0 Å². The lowest BCUT2D eigenvalue weighted by molar-refractivity contribution is -0.110. The Balaban J connectivity index is 2.52. The molecule has 0 spiro atoms. The highest BCUT2D eigenvalue weighted by Gasteiger charge is 2.25. The minimum Gasteiger partial charge on any atom is -0.288 e. The molecule has 2 heterocycles. The number of hydrogen-bond acceptors (Lipinski definition) is 4. The SMILES string of the molecule is O=C1C=C2C(=O)C=NC=C2S1. The largest absolute Gasteiger partial charge is 0.288 e. The lowest BCUT2D eigenvalue weighted by atomic mass is 10.1. The van der Waals surface area contributed by atoms with Crippen LogP contribution >= 0.6 is 11.8 Å². The summed E-state index contributed by atoms with van der Waals surface area (Å²) in [6.07, 6.45) is 4.10. The van der Waals surface area contributed by atoms with Gasteiger partial charge in [0.25, 0.3) is 0 Å². The molecule has 2 rings (SSSR count). The standard InChI is InChI=1S/C7H3NO2S/c9-5-2-8-3-6-4(5)1-7(10)11-6/h1-3H. The van der Waals surface area contributed by atoms with E-state index in [0.29, 0.717) is 10.5 Å². The number of carbonyl (C=O) groups is 2. The van der Waals surface area contributed by atoms with Crippen LogP contribution in [0, 0.1) is 0 Å². The molecule has 0 atom stereocenters. The van der Waals surface area contributed by atoms with Crippen LogP contribution in [0.1, 0.15) is 0 Å². The lowest BCUT2D eigenvalue weighted by Gasteiger charge is -2.00. The number of fused-ring (bicyclic) bond motifs is 1. The minimum absolute atomic E-state index is 0.0925. The molecule has 0 aromatic heterocycles. The predicted octanol–water partition coefficient (Wildman–Crippen LogP) is 0.681. The molecule has 0 unspecified atom stereocenters. The molecule has 0 saturated heterocycles. The normalized spacial score (nSPS) is 21.5. The zero-order chi connectivity index (χ0) is 7.84. The van der Waals surface area contributed by atoms with Crippen molar-refractivity contribution < 1.29 is 9.59 Å². The molecule has 11 heavy (non-hydrogen) atoms. The van der Waals surface area contributed by atoms with E-state index < -0.39 is 0 Å². The first-order valence-corrected chi connectivity index (χ1v) is 3.80. The van der Waals surface area contributed by atoms with Crippen LogP contribution in [0.4, 0.5) is 0 Å². The molecule has 2 aliphatic heterocycles. The molecule has 0 amide bonds. The van der Waals surface area contributed by atoms with Crippen molar-refractivity contribution in [2.24, 2.45) is 4.99 Å². The van der Waals surface area contributed by atoms with E-state index in [-0.39, 0.29) is 10.9 Å². The fourth-order valence-corrected chi connectivity index (χ4v) is 1.69. The highest BCUT2D eigenvalue weighted by molar-refractivity contribution is 8.18. The van der Waals surface area contributed by atoms with E-state index in [9.17, 15) is 9.59 Å².